The standard InChI is InChI=1S/C15H13N.C14H12N2O2.C8H9NO/c1-10-3-5-12-9-13-6-4-11(2)8-15(13)16-14(12)7-10;1-15-11-7-6-10-12-8(11)4-3-5-9(12)13(17)16(2)14(10)18;1-7(10)6-8-4-2-3-5-9-8/h3-9H,1-2H3;3-7,15H,1-2H3;2-6,10H,1H3/p+2/b;;7-6-. The lowest BCUT2D eigenvalue weighted by Gasteiger charge is -2.24. The summed E-state index contributed by atoms with van der Waals surface area (Å²) in [6, 6.07) is 30.1. The molecule has 0 saturated carbocycles. The van der Waals surface area contributed by atoms with Gasteiger partial charge in [-0.05, 0) is 74.4 Å². The van der Waals surface area contributed by atoms with E-state index in [4.69, 9.17) is 5.11 Å². The van der Waals surface area contributed by atoms with E-state index in [0.717, 1.165) is 27.1 Å². The van der Waals surface area contributed by atoms with Gasteiger partial charge in [0, 0.05) is 82.8 Å². The van der Waals surface area contributed by atoms with Crippen LogP contribution in [0, 0.1) is 13.8 Å². The monoisotopic (exact) mass is 584 g/mol. The number of aryl methyl sites for hydroxylation is 2. The van der Waals surface area contributed by atoms with E-state index in [1.807, 2.05) is 49.6 Å². The molecule has 0 fully saturated rings. The summed E-state index contributed by atoms with van der Waals surface area (Å²) in [7, 11) is 3.33. The fraction of sp³-hybridized carbons (Fsp3) is 0.135. The van der Waals surface area contributed by atoms with Crippen LogP contribution in [0.4, 0.5) is 5.69 Å². The molecule has 2 amide bonds. The number of H-pyrrole nitrogens is 2. The lowest BCUT2D eigenvalue weighted by Crippen LogP contribution is -2.36. The van der Waals surface area contributed by atoms with Crippen molar-refractivity contribution in [3.63, 3.8) is 0 Å². The molecule has 0 saturated heterocycles. The smallest absolute Gasteiger partial charge is 0.261 e. The molecular weight excluding hydrogens is 548 g/mol. The number of aromatic nitrogens is 2. The molecule has 44 heavy (non-hydrogen) atoms. The van der Waals surface area contributed by atoms with Gasteiger partial charge >= 0.3 is 0 Å². The number of allylic oxidation sites excluding steroid dienone is 1. The van der Waals surface area contributed by atoms with Crippen LogP contribution in [0.3, 0.4) is 0 Å². The number of aliphatic hydroxyl groups is 1. The van der Waals surface area contributed by atoms with E-state index < -0.39 is 0 Å². The molecule has 1 aliphatic rings. The van der Waals surface area contributed by atoms with Gasteiger partial charge in [0.1, 0.15) is 0 Å². The van der Waals surface area contributed by atoms with Gasteiger partial charge in [-0.2, -0.15) is 0 Å². The number of aliphatic hydroxyl groups excluding tert-OH is 1. The van der Waals surface area contributed by atoms with E-state index >= 15 is 0 Å². The molecule has 0 spiro atoms. The van der Waals surface area contributed by atoms with Crippen molar-refractivity contribution in [2.75, 3.05) is 19.4 Å². The molecule has 4 N–H and O–H groups in total. The van der Waals surface area contributed by atoms with Gasteiger partial charge in [-0.15, -0.1) is 0 Å². The molecule has 220 valence electrons. The lowest BCUT2D eigenvalue weighted by atomic mass is 9.93. The van der Waals surface area contributed by atoms with Gasteiger partial charge in [-0.1, -0.05) is 24.3 Å². The predicted octanol–water partition coefficient (Wildman–Crippen LogP) is 6.95. The maximum Gasteiger partial charge on any atom is 0.261 e. The normalized spacial score (nSPS) is 12.5. The van der Waals surface area contributed by atoms with Crippen LogP contribution in [0.15, 0.2) is 103 Å². The van der Waals surface area contributed by atoms with Crippen molar-refractivity contribution in [3.8, 4) is 0 Å². The Morgan fingerprint density at radius 1 is 0.795 bits per heavy atom. The van der Waals surface area contributed by atoms with Crippen LogP contribution in [0.5, 0.6) is 0 Å². The Morgan fingerprint density at radius 3 is 2.00 bits per heavy atom. The molecule has 0 radical (unpaired) electrons. The third-order valence-electron chi connectivity index (χ3n) is 7.48. The zero-order valence-corrected chi connectivity index (χ0v) is 25.5. The third kappa shape index (κ3) is 6.27. The summed E-state index contributed by atoms with van der Waals surface area (Å²) in [6.45, 7) is 5.88. The van der Waals surface area contributed by atoms with Crippen LogP contribution >= 0.6 is 0 Å². The Hall–Kier alpha value is -5.56. The van der Waals surface area contributed by atoms with Crippen molar-refractivity contribution in [3.05, 3.63) is 131 Å². The first-order valence-electron chi connectivity index (χ1n) is 14.4. The van der Waals surface area contributed by atoms with E-state index in [9.17, 15) is 9.59 Å². The van der Waals surface area contributed by atoms with Crippen molar-refractivity contribution in [2.45, 2.75) is 20.8 Å². The quantitative estimate of drug-likeness (QED) is 0.131. The van der Waals surface area contributed by atoms with E-state index in [-0.39, 0.29) is 11.8 Å². The van der Waals surface area contributed by atoms with Crippen molar-refractivity contribution in [1.29, 1.82) is 0 Å². The molecule has 4 aromatic carbocycles. The van der Waals surface area contributed by atoms with Gasteiger partial charge in [-0.25, -0.2) is 9.97 Å². The van der Waals surface area contributed by atoms with E-state index in [1.54, 1.807) is 25.1 Å². The number of fused-ring (bicyclic) bond motifs is 2. The molecule has 0 atom stereocenters. The molecule has 3 heterocycles. The largest absolute Gasteiger partial charge is 0.512 e. The van der Waals surface area contributed by atoms with E-state index in [2.05, 4.69) is 71.6 Å². The summed E-state index contributed by atoms with van der Waals surface area (Å²) >= 11 is 0. The van der Waals surface area contributed by atoms with Crippen LogP contribution in [0.25, 0.3) is 38.7 Å². The molecule has 7 rings (SSSR count). The number of anilines is 1. The fourth-order valence-electron chi connectivity index (χ4n) is 5.28. The predicted molar refractivity (Wildman–Crippen MR) is 177 cm³/mol. The van der Waals surface area contributed by atoms with Gasteiger partial charge in [0.2, 0.25) is 16.7 Å². The first-order valence-corrected chi connectivity index (χ1v) is 14.4. The topological polar surface area (TPSA) is 97.9 Å². The average Bonchev–Trinajstić information content (AvgIpc) is 3.02. The summed E-state index contributed by atoms with van der Waals surface area (Å²) < 4.78 is 0. The van der Waals surface area contributed by atoms with Crippen molar-refractivity contribution < 1.29 is 24.7 Å². The lowest BCUT2D eigenvalue weighted by molar-refractivity contribution is -0.380. The molecule has 1 aliphatic heterocycles. The van der Waals surface area contributed by atoms with Crippen LogP contribution in [-0.4, -0.2) is 35.9 Å². The van der Waals surface area contributed by atoms with Crippen molar-refractivity contribution in [1.82, 2.24) is 4.90 Å². The summed E-state index contributed by atoms with van der Waals surface area (Å²) in [5, 5.41) is 16.1. The Labute approximate surface area is 256 Å². The fourth-order valence-corrected chi connectivity index (χ4v) is 5.28. The molecule has 7 nitrogen and oxygen atoms in total. The third-order valence-corrected chi connectivity index (χ3v) is 7.48. The number of benzene rings is 4. The number of hydrogen-bond acceptors (Lipinski definition) is 4. The highest BCUT2D eigenvalue weighted by molar-refractivity contribution is 6.26. The number of aromatic amines is 2. The molecule has 0 bridgehead atoms. The highest BCUT2D eigenvalue weighted by atomic mass is 16.3. The number of nitrogens with one attached hydrogen (secondary N) is 3. The first kappa shape index (κ1) is 29.9. The summed E-state index contributed by atoms with van der Waals surface area (Å²) in [5.74, 6) is -0.180. The Kier molecular flexibility index (Phi) is 8.67. The second kappa shape index (κ2) is 12.8. The Morgan fingerprint density at radius 2 is 1.43 bits per heavy atom. The Bertz CT molecular complexity index is 1970. The number of imide groups is 1. The van der Waals surface area contributed by atoms with E-state index in [0.29, 0.717) is 16.9 Å². The minimum Gasteiger partial charge on any atom is -0.512 e. The maximum absolute atomic E-state index is 12.1. The number of amides is 2. The Balaban J connectivity index is 0.000000136. The molecule has 6 aromatic rings. The minimum absolute atomic E-state index is 0.244. The summed E-state index contributed by atoms with van der Waals surface area (Å²) in [5.41, 5.74) is 7.98. The summed E-state index contributed by atoms with van der Waals surface area (Å²) in [4.78, 5) is 31.8. The second-order valence-electron chi connectivity index (χ2n) is 10.9. The first-order chi connectivity index (χ1) is 21.2. The van der Waals surface area contributed by atoms with Gasteiger partial charge in [0.25, 0.3) is 11.8 Å². The highest BCUT2D eigenvalue weighted by Gasteiger charge is 2.30. The highest BCUT2D eigenvalue weighted by Crippen LogP contribution is 2.33. The van der Waals surface area contributed by atoms with Crippen LogP contribution < -0.4 is 15.3 Å². The SMILES string of the molecule is C/C(O)=C/c1cccc[nH+]1.CNc1ccc2c3c(cccc13)C(=O)N(C)C2=O.Cc1ccc2cc3ccc(C)cc3[nH+]c2c1. The van der Waals surface area contributed by atoms with Crippen molar-refractivity contribution in [2.24, 2.45) is 0 Å². The minimum atomic E-state index is -0.244. The van der Waals surface area contributed by atoms with Gasteiger partial charge in [0.05, 0.1) is 5.76 Å². The average molecular weight is 585 g/mol. The van der Waals surface area contributed by atoms with E-state index in [1.165, 1.54) is 40.0 Å². The second-order valence-corrected chi connectivity index (χ2v) is 10.9. The number of nitrogens with zero attached hydrogens (tertiary/aromatic N) is 1. The van der Waals surface area contributed by atoms with Crippen molar-refractivity contribution >= 4 is 56.2 Å². The van der Waals surface area contributed by atoms with Crippen LogP contribution in [0.1, 0.15) is 44.5 Å². The van der Waals surface area contributed by atoms with Gasteiger partial charge < -0.3 is 10.4 Å². The molecular formula is C37H36N4O3+2. The molecule has 0 aliphatic carbocycles. The number of hydrogen-bond donors (Lipinski definition) is 2. The maximum atomic E-state index is 12.1. The molecule has 2 aromatic heterocycles. The summed E-state index contributed by atoms with van der Waals surface area (Å²) in [6.07, 6.45) is 3.48. The zero-order valence-electron chi connectivity index (χ0n) is 25.5. The van der Waals surface area contributed by atoms with Crippen LogP contribution in [0.2, 0.25) is 0 Å². The number of pyridine rings is 2. The van der Waals surface area contributed by atoms with Gasteiger partial charge in [-0.3, -0.25) is 14.5 Å². The number of rotatable bonds is 2. The molecule has 7 heteroatoms. The van der Waals surface area contributed by atoms with Crippen LogP contribution in [-0.2, 0) is 0 Å². The number of carbonyl (C=O) groups is 2. The zero-order chi connectivity index (χ0) is 31.4. The van der Waals surface area contributed by atoms with Gasteiger partial charge in [0.15, 0.2) is 6.20 Å². The number of carbonyl (C=O) groups excluding carboxylic acids is 2. The molecule has 0 unspecified atom stereocenters.